The normalized spacial score (nSPS) is 11.9. The summed E-state index contributed by atoms with van der Waals surface area (Å²) in [5.74, 6) is -0.451. The molecule has 0 aliphatic heterocycles. The van der Waals surface area contributed by atoms with Crippen LogP contribution in [0.4, 0.5) is 0 Å². The zero-order valence-corrected chi connectivity index (χ0v) is 10.4. The third kappa shape index (κ3) is 1.92. The standard InChI is InChI=1S/C10H12N4O2S/c1-3-14(16,4-2)10(15)7-5-6-11-9-8(7)17-13-12-9/h5-6H,3-4H2,1-2H3. The van der Waals surface area contributed by atoms with Gasteiger partial charge in [-0.2, -0.15) is 0 Å². The molecule has 6 nitrogen and oxygen atoms in total. The average Bonchev–Trinajstić information content (AvgIpc) is 2.85. The number of hydrogen-bond acceptors (Lipinski definition) is 6. The van der Waals surface area contributed by atoms with Crippen molar-refractivity contribution in [2.45, 2.75) is 13.8 Å². The monoisotopic (exact) mass is 252 g/mol. The number of hydroxylamine groups is 3. The Bertz CT molecular complexity index is 550. The molecule has 0 unspecified atom stereocenters. The summed E-state index contributed by atoms with van der Waals surface area (Å²) in [6.07, 6.45) is 1.48. The Morgan fingerprint density at radius 2 is 2.18 bits per heavy atom. The maximum Gasteiger partial charge on any atom is 0.347 e. The average molecular weight is 252 g/mol. The zero-order valence-electron chi connectivity index (χ0n) is 9.58. The van der Waals surface area contributed by atoms with E-state index in [0.717, 1.165) is 11.5 Å². The van der Waals surface area contributed by atoms with Crippen molar-refractivity contribution in [2.75, 3.05) is 13.1 Å². The van der Waals surface area contributed by atoms with Crippen molar-refractivity contribution in [3.63, 3.8) is 0 Å². The molecule has 0 N–H and O–H groups in total. The van der Waals surface area contributed by atoms with Gasteiger partial charge in [-0.15, -0.1) is 5.10 Å². The van der Waals surface area contributed by atoms with E-state index >= 15 is 0 Å². The lowest BCUT2D eigenvalue weighted by molar-refractivity contribution is -0.793. The van der Waals surface area contributed by atoms with Gasteiger partial charge in [0.05, 0.1) is 13.1 Å². The maximum absolute atomic E-state index is 12.2. The van der Waals surface area contributed by atoms with Crippen molar-refractivity contribution in [1.82, 2.24) is 14.6 Å². The largest absolute Gasteiger partial charge is 0.625 e. The molecule has 17 heavy (non-hydrogen) atoms. The quantitative estimate of drug-likeness (QED) is 0.612. The molecular formula is C10H12N4O2S. The van der Waals surface area contributed by atoms with Crippen LogP contribution in [0.5, 0.6) is 0 Å². The molecule has 1 amide bonds. The van der Waals surface area contributed by atoms with Crippen LogP contribution in [0.15, 0.2) is 12.3 Å². The number of pyridine rings is 1. The van der Waals surface area contributed by atoms with Crippen molar-refractivity contribution < 1.29 is 9.44 Å². The number of rotatable bonds is 3. The van der Waals surface area contributed by atoms with E-state index in [9.17, 15) is 10.0 Å². The van der Waals surface area contributed by atoms with Crippen LogP contribution in [-0.4, -0.2) is 38.2 Å². The molecule has 0 saturated carbocycles. The predicted octanol–water partition coefficient (Wildman–Crippen LogP) is 1.58. The number of quaternary nitrogens is 1. The molecule has 2 aromatic heterocycles. The number of amides is 1. The van der Waals surface area contributed by atoms with E-state index in [0.29, 0.717) is 15.9 Å². The van der Waals surface area contributed by atoms with Gasteiger partial charge >= 0.3 is 5.91 Å². The smallest absolute Gasteiger partial charge is 0.347 e. The highest BCUT2D eigenvalue weighted by molar-refractivity contribution is 7.13. The van der Waals surface area contributed by atoms with Gasteiger partial charge in [-0.3, -0.25) is 4.65 Å². The highest BCUT2D eigenvalue weighted by Crippen LogP contribution is 2.22. The molecule has 0 aliphatic carbocycles. The summed E-state index contributed by atoms with van der Waals surface area (Å²) >= 11 is 1.09. The summed E-state index contributed by atoms with van der Waals surface area (Å²) in [6, 6.07) is 1.56. The fourth-order valence-electron chi connectivity index (χ4n) is 1.60. The lowest BCUT2D eigenvalue weighted by atomic mass is 10.2. The summed E-state index contributed by atoms with van der Waals surface area (Å²) in [7, 11) is 0. The van der Waals surface area contributed by atoms with Crippen molar-refractivity contribution in [1.29, 1.82) is 0 Å². The molecular weight excluding hydrogens is 240 g/mol. The van der Waals surface area contributed by atoms with Crippen LogP contribution in [0.25, 0.3) is 10.3 Å². The number of nitrogens with zero attached hydrogens (tertiary/aromatic N) is 4. The molecule has 0 atom stereocenters. The highest BCUT2D eigenvalue weighted by Gasteiger charge is 2.28. The van der Waals surface area contributed by atoms with E-state index < -0.39 is 10.6 Å². The molecule has 0 radical (unpaired) electrons. The minimum absolute atomic E-state index is 0.214. The molecule has 0 aromatic carbocycles. The lowest BCUT2D eigenvalue weighted by Crippen LogP contribution is -2.47. The summed E-state index contributed by atoms with van der Waals surface area (Å²) < 4.78 is 3.46. The van der Waals surface area contributed by atoms with Crippen LogP contribution >= 0.6 is 11.5 Å². The summed E-state index contributed by atoms with van der Waals surface area (Å²) in [4.78, 5) is 16.2. The SMILES string of the molecule is CC[N+]([O-])(CC)C(=O)c1ccnc2nnsc12. The van der Waals surface area contributed by atoms with Crippen molar-refractivity contribution in [2.24, 2.45) is 0 Å². The van der Waals surface area contributed by atoms with Gasteiger partial charge < -0.3 is 5.21 Å². The number of fused-ring (bicyclic) bond motifs is 1. The highest BCUT2D eigenvalue weighted by atomic mass is 32.1. The Labute approximate surface area is 102 Å². The predicted molar refractivity (Wildman–Crippen MR) is 64.2 cm³/mol. The summed E-state index contributed by atoms with van der Waals surface area (Å²) in [5.41, 5.74) is 0.781. The van der Waals surface area contributed by atoms with Gasteiger partial charge in [0.15, 0.2) is 5.65 Å². The molecule has 7 heteroatoms. The Balaban J connectivity index is 2.53. The van der Waals surface area contributed by atoms with Gasteiger partial charge in [-0.1, -0.05) is 4.49 Å². The first-order valence-corrected chi connectivity index (χ1v) is 6.09. The fraction of sp³-hybridized carbons (Fsp3) is 0.400. The van der Waals surface area contributed by atoms with Crippen LogP contribution < -0.4 is 0 Å². The van der Waals surface area contributed by atoms with E-state index in [1.807, 2.05) is 0 Å². The van der Waals surface area contributed by atoms with Crippen LogP contribution in [0.3, 0.4) is 0 Å². The molecule has 0 bridgehead atoms. The minimum Gasteiger partial charge on any atom is -0.625 e. The molecule has 2 rings (SSSR count). The van der Waals surface area contributed by atoms with E-state index in [1.54, 1.807) is 19.9 Å². The molecule has 2 aromatic rings. The molecule has 2 heterocycles. The first kappa shape index (κ1) is 12.0. The van der Waals surface area contributed by atoms with E-state index in [-0.39, 0.29) is 13.1 Å². The molecule has 0 saturated heterocycles. The number of carbonyl (C=O) groups excluding carboxylic acids is 1. The van der Waals surface area contributed by atoms with Crippen molar-refractivity contribution in [3.8, 4) is 0 Å². The van der Waals surface area contributed by atoms with Gasteiger partial charge in [0.2, 0.25) is 0 Å². The van der Waals surface area contributed by atoms with Crippen LogP contribution in [0.2, 0.25) is 0 Å². The van der Waals surface area contributed by atoms with Gasteiger partial charge in [0, 0.05) is 6.20 Å². The Morgan fingerprint density at radius 1 is 1.47 bits per heavy atom. The van der Waals surface area contributed by atoms with E-state index in [1.165, 1.54) is 6.20 Å². The van der Waals surface area contributed by atoms with E-state index in [4.69, 9.17) is 0 Å². The Hall–Kier alpha value is -1.44. The Kier molecular flexibility index (Phi) is 3.14. The zero-order chi connectivity index (χ0) is 12.5. The molecule has 0 fully saturated rings. The lowest BCUT2D eigenvalue weighted by Gasteiger charge is -2.37. The van der Waals surface area contributed by atoms with Crippen molar-refractivity contribution in [3.05, 3.63) is 23.0 Å². The second-order valence-corrected chi connectivity index (χ2v) is 4.37. The second-order valence-electron chi connectivity index (χ2n) is 3.61. The third-order valence-electron chi connectivity index (χ3n) is 2.78. The number of aromatic nitrogens is 3. The van der Waals surface area contributed by atoms with Gasteiger partial charge in [-0.25, -0.2) is 9.78 Å². The van der Waals surface area contributed by atoms with E-state index in [2.05, 4.69) is 14.6 Å². The van der Waals surface area contributed by atoms with Crippen LogP contribution in [0, 0.1) is 5.21 Å². The van der Waals surface area contributed by atoms with Gasteiger partial charge in [0.1, 0.15) is 10.3 Å². The molecule has 0 spiro atoms. The molecule has 90 valence electrons. The molecule has 0 aliphatic rings. The van der Waals surface area contributed by atoms with Crippen LogP contribution in [0.1, 0.15) is 24.2 Å². The number of hydrogen-bond donors (Lipinski definition) is 0. The van der Waals surface area contributed by atoms with Gasteiger partial charge in [-0.05, 0) is 31.4 Å². The minimum atomic E-state index is -0.864. The topological polar surface area (TPSA) is 78.8 Å². The first-order chi connectivity index (χ1) is 8.12. The fourth-order valence-corrected chi connectivity index (χ4v) is 2.23. The number of carbonyl (C=O) groups is 1. The van der Waals surface area contributed by atoms with Gasteiger partial charge in [0.25, 0.3) is 0 Å². The Morgan fingerprint density at radius 3 is 2.82 bits per heavy atom. The summed E-state index contributed by atoms with van der Waals surface area (Å²) in [5, 5.41) is 16.0. The van der Waals surface area contributed by atoms with Crippen LogP contribution in [-0.2, 0) is 0 Å². The second kappa shape index (κ2) is 4.44. The maximum atomic E-state index is 12.2. The summed E-state index contributed by atoms with van der Waals surface area (Å²) in [6.45, 7) is 3.84. The third-order valence-corrected chi connectivity index (χ3v) is 3.52. The first-order valence-electron chi connectivity index (χ1n) is 5.32. The van der Waals surface area contributed by atoms with Crippen molar-refractivity contribution >= 4 is 27.8 Å².